The lowest BCUT2D eigenvalue weighted by Gasteiger charge is -2.37. The van der Waals surface area contributed by atoms with Gasteiger partial charge in [0, 0.05) is 19.1 Å². The van der Waals surface area contributed by atoms with Crippen LogP contribution in [0.3, 0.4) is 0 Å². The third-order valence-electron chi connectivity index (χ3n) is 3.49. The second-order valence-corrected chi connectivity index (χ2v) is 6.71. The Morgan fingerprint density at radius 3 is 2.52 bits per heavy atom. The topological polar surface area (TPSA) is 94.2 Å². The van der Waals surface area contributed by atoms with E-state index in [2.05, 4.69) is 11.9 Å². The van der Waals surface area contributed by atoms with E-state index in [1.807, 2.05) is 0 Å². The third-order valence-corrected chi connectivity index (χ3v) is 3.49. The summed E-state index contributed by atoms with van der Waals surface area (Å²) in [6, 6.07) is -0.477. The molecule has 0 spiro atoms. The number of amides is 2. The van der Waals surface area contributed by atoms with E-state index >= 15 is 0 Å². The number of nitrogens with zero attached hydrogens (tertiary/aromatic N) is 1. The van der Waals surface area contributed by atoms with Gasteiger partial charge in [-0.1, -0.05) is 12.7 Å². The number of esters is 1. The highest BCUT2D eigenvalue weighted by Gasteiger charge is 2.39. The van der Waals surface area contributed by atoms with E-state index in [1.165, 1.54) is 11.0 Å². The largest absolute Gasteiger partial charge is 0.466 e. The molecule has 0 aromatic heterocycles. The van der Waals surface area contributed by atoms with Crippen LogP contribution in [0.15, 0.2) is 12.7 Å². The van der Waals surface area contributed by atoms with Crippen molar-refractivity contribution in [2.24, 2.45) is 5.92 Å². The van der Waals surface area contributed by atoms with Gasteiger partial charge in [0.25, 0.3) is 0 Å². The highest BCUT2D eigenvalue weighted by molar-refractivity contribution is 5.77. The van der Waals surface area contributed by atoms with Gasteiger partial charge >= 0.3 is 18.2 Å². The molecule has 1 fully saturated rings. The molecule has 1 aliphatic heterocycles. The van der Waals surface area contributed by atoms with Crippen LogP contribution in [0.2, 0.25) is 0 Å². The Hall–Kier alpha value is -2.25. The van der Waals surface area contributed by atoms with Gasteiger partial charge < -0.3 is 24.4 Å². The quantitative estimate of drug-likeness (QED) is 0.460. The van der Waals surface area contributed by atoms with Crippen LogP contribution in [0.25, 0.3) is 0 Å². The summed E-state index contributed by atoms with van der Waals surface area (Å²) in [6.07, 6.45) is 0.721. The fourth-order valence-electron chi connectivity index (χ4n) is 2.43. The molecular weight excluding hydrogens is 328 g/mol. The predicted molar refractivity (Wildman–Crippen MR) is 91.0 cm³/mol. The van der Waals surface area contributed by atoms with E-state index in [4.69, 9.17) is 14.2 Å². The molecular formula is C17H28N2O6. The minimum Gasteiger partial charge on any atom is -0.466 e. The van der Waals surface area contributed by atoms with Gasteiger partial charge in [0.15, 0.2) is 0 Å². The summed E-state index contributed by atoms with van der Waals surface area (Å²) >= 11 is 0. The molecule has 1 rings (SSSR count). The van der Waals surface area contributed by atoms with Crippen LogP contribution in [0, 0.1) is 5.92 Å². The SMILES string of the molecule is C=CCOC(=O)N[C@@H]1CCN(C(=O)OC(C)(C)C)C[C@@H]1C(=O)OCC. The summed E-state index contributed by atoms with van der Waals surface area (Å²) in [6.45, 7) is 11.3. The molecule has 0 unspecified atom stereocenters. The average molecular weight is 356 g/mol. The third kappa shape index (κ3) is 7.03. The smallest absolute Gasteiger partial charge is 0.410 e. The number of hydrogen-bond acceptors (Lipinski definition) is 6. The maximum atomic E-state index is 12.2. The summed E-state index contributed by atoms with van der Waals surface area (Å²) < 4.78 is 15.3. The zero-order valence-corrected chi connectivity index (χ0v) is 15.4. The van der Waals surface area contributed by atoms with Crippen LogP contribution in [0.4, 0.5) is 9.59 Å². The van der Waals surface area contributed by atoms with Gasteiger partial charge in [0.1, 0.15) is 12.2 Å². The van der Waals surface area contributed by atoms with Gasteiger partial charge in [-0.05, 0) is 34.1 Å². The van der Waals surface area contributed by atoms with Crippen molar-refractivity contribution < 1.29 is 28.6 Å². The van der Waals surface area contributed by atoms with Gasteiger partial charge in [0.2, 0.25) is 0 Å². The lowest BCUT2D eigenvalue weighted by atomic mass is 9.92. The molecule has 1 N–H and O–H groups in total. The molecule has 2 atom stereocenters. The van der Waals surface area contributed by atoms with Gasteiger partial charge in [-0.25, -0.2) is 9.59 Å². The molecule has 0 aromatic carbocycles. The van der Waals surface area contributed by atoms with E-state index in [1.54, 1.807) is 27.7 Å². The highest BCUT2D eigenvalue weighted by Crippen LogP contribution is 2.21. The summed E-state index contributed by atoms with van der Waals surface area (Å²) in [5, 5.41) is 2.66. The van der Waals surface area contributed by atoms with Gasteiger partial charge in [-0.2, -0.15) is 0 Å². The van der Waals surface area contributed by atoms with Crippen molar-refractivity contribution in [1.82, 2.24) is 10.2 Å². The average Bonchev–Trinajstić information content (AvgIpc) is 2.51. The van der Waals surface area contributed by atoms with E-state index in [-0.39, 0.29) is 19.8 Å². The minimum atomic E-state index is -0.683. The first-order chi connectivity index (χ1) is 11.7. The number of alkyl carbamates (subject to hydrolysis) is 1. The monoisotopic (exact) mass is 356 g/mol. The Bertz CT molecular complexity index is 500. The molecule has 1 saturated heterocycles. The molecule has 0 saturated carbocycles. The van der Waals surface area contributed by atoms with Gasteiger partial charge in [0.05, 0.1) is 12.5 Å². The van der Waals surface area contributed by atoms with E-state index in [0.717, 1.165) is 0 Å². The van der Waals surface area contributed by atoms with Crippen LogP contribution in [-0.4, -0.2) is 61.0 Å². The standard InChI is InChI=1S/C17H28N2O6/c1-6-10-24-15(21)18-13-8-9-19(16(22)25-17(3,4)5)11-12(13)14(20)23-7-2/h6,12-13H,1,7-11H2,2-5H3,(H,18,21)/t12-,13+/m0/s1. The molecule has 8 heteroatoms. The lowest BCUT2D eigenvalue weighted by Crippen LogP contribution is -2.55. The van der Waals surface area contributed by atoms with Crippen LogP contribution in [-0.2, 0) is 19.0 Å². The maximum Gasteiger partial charge on any atom is 0.410 e. The molecule has 0 radical (unpaired) electrons. The molecule has 0 aromatic rings. The highest BCUT2D eigenvalue weighted by atomic mass is 16.6. The fraction of sp³-hybridized carbons (Fsp3) is 0.706. The zero-order chi connectivity index (χ0) is 19.0. The Kier molecular flexibility index (Phi) is 7.73. The van der Waals surface area contributed by atoms with Crippen molar-refractivity contribution in [1.29, 1.82) is 0 Å². The molecule has 1 aliphatic rings. The second-order valence-electron chi connectivity index (χ2n) is 6.71. The molecule has 0 bridgehead atoms. The number of carbonyl (C=O) groups excluding carboxylic acids is 3. The summed E-state index contributed by atoms with van der Waals surface area (Å²) in [5.74, 6) is -1.15. The van der Waals surface area contributed by atoms with E-state index < -0.39 is 35.7 Å². The number of carbonyl (C=O) groups is 3. The van der Waals surface area contributed by atoms with Crippen molar-refractivity contribution in [2.75, 3.05) is 26.3 Å². The van der Waals surface area contributed by atoms with Crippen molar-refractivity contribution >= 4 is 18.2 Å². The Morgan fingerprint density at radius 1 is 1.28 bits per heavy atom. The molecule has 2 amide bonds. The lowest BCUT2D eigenvalue weighted by molar-refractivity contribution is -0.150. The Balaban J connectivity index is 2.77. The molecule has 8 nitrogen and oxygen atoms in total. The minimum absolute atomic E-state index is 0.0761. The normalized spacial score (nSPS) is 20.4. The zero-order valence-electron chi connectivity index (χ0n) is 15.4. The Morgan fingerprint density at radius 2 is 1.96 bits per heavy atom. The van der Waals surface area contributed by atoms with Crippen molar-refractivity contribution in [3.05, 3.63) is 12.7 Å². The summed E-state index contributed by atoms with van der Waals surface area (Å²) in [5.41, 5.74) is -0.625. The van der Waals surface area contributed by atoms with Gasteiger partial charge in [-0.15, -0.1) is 0 Å². The number of nitrogens with one attached hydrogen (secondary N) is 1. The van der Waals surface area contributed by atoms with Crippen LogP contribution < -0.4 is 5.32 Å². The first kappa shape index (κ1) is 20.8. The summed E-state index contributed by atoms with van der Waals surface area (Å²) in [7, 11) is 0. The number of rotatable bonds is 5. The number of hydrogen-bond donors (Lipinski definition) is 1. The first-order valence-electron chi connectivity index (χ1n) is 8.36. The number of ether oxygens (including phenoxy) is 3. The molecule has 0 aliphatic carbocycles. The maximum absolute atomic E-state index is 12.2. The Labute approximate surface area is 148 Å². The van der Waals surface area contributed by atoms with Gasteiger partial charge in [-0.3, -0.25) is 4.79 Å². The molecule has 25 heavy (non-hydrogen) atoms. The van der Waals surface area contributed by atoms with Crippen molar-refractivity contribution in [3.8, 4) is 0 Å². The van der Waals surface area contributed by atoms with E-state index in [9.17, 15) is 14.4 Å². The fourth-order valence-corrected chi connectivity index (χ4v) is 2.43. The van der Waals surface area contributed by atoms with Crippen molar-refractivity contribution in [2.45, 2.75) is 45.8 Å². The second kappa shape index (κ2) is 9.29. The first-order valence-corrected chi connectivity index (χ1v) is 8.36. The van der Waals surface area contributed by atoms with Crippen LogP contribution in [0.5, 0.6) is 0 Å². The number of likely N-dealkylation sites (tertiary alicyclic amines) is 1. The van der Waals surface area contributed by atoms with E-state index in [0.29, 0.717) is 13.0 Å². The van der Waals surface area contributed by atoms with Crippen LogP contribution >= 0.6 is 0 Å². The summed E-state index contributed by atoms with van der Waals surface area (Å²) in [4.78, 5) is 37.7. The predicted octanol–water partition coefficient (Wildman–Crippen LogP) is 2.09. The number of piperidine rings is 1. The molecule has 1 heterocycles. The molecule has 142 valence electrons. The van der Waals surface area contributed by atoms with Crippen molar-refractivity contribution in [3.63, 3.8) is 0 Å². The van der Waals surface area contributed by atoms with Crippen LogP contribution in [0.1, 0.15) is 34.1 Å².